The molecular weight excluding hydrogens is 262 g/mol. The minimum atomic E-state index is -0.439. The molecule has 7 heteroatoms. The van der Waals surface area contributed by atoms with Crippen LogP contribution in [-0.2, 0) is 4.79 Å². The zero-order valence-corrected chi connectivity index (χ0v) is 9.84. The highest BCUT2D eigenvalue weighted by molar-refractivity contribution is 9.10. The Labute approximate surface area is 95.8 Å². The summed E-state index contributed by atoms with van der Waals surface area (Å²) in [5.74, 6) is 0.782. The number of anilines is 2. The molecule has 0 unspecified atom stereocenters. The summed E-state index contributed by atoms with van der Waals surface area (Å²) in [6.45, 7) is 2.76. The average Bonchev–Trinajstić information content (AvgIpc) is 2.19. The predicted octanol–water partition coefficient (Wildman–Crippen LogP) is 0.568. The van der Waals surface area contributed by atoms with Gasteiger partial charge in [-0.2, -0.15) is 0 Å². The molecule has 0 atom stereocenters. The van der Waals surface area contributed by atoms with E-state index in [4.69, 9.17) is 5.73 Å². The second-order valence-electron chi connectivity index (χ2n) is 2.74. The van der Waals surface area contributed by atoms with Gasteiger partial charge in [-0.1, -0.05) is 0 Å². The molecule has 15 heavy (non-hydrogen) atoms. The molecule has 0 saturated heterocycles. The molecule has 1 rings (SSSR count). The van der Waals surface area contributed by atoms with E-state index in [0.29, 0.717) is 16.1 Å². The van der Waals surface area contributed by atoms with E-state index in [9.17, 15) is 4.79 Å². The van der Waals surface area contributed by atoms with E-state index in [1.807, 2.05) is 6.92 Å². The Morgan fingerprint density at radius 1 is 1.47 bits per heavy atom. The van der Waals surface area contributed by atoms with Crippen LogP contribution in [0.4, 0.5) is 11.6 Å². The Bertz CT molecular complexity index is 357. The van der Waals surface area contributed by atoms with Gasteiger partial charge in [-0.3, -0.25) is 4.79 Å². The Balaban J connectivity index is 2.79. The van der Waals surface area contributed by atoms with Crippen LogP contribution in [0.5, 0.6) is 0 Å². The van der Waals surface area contributed by atoms with Gasteiger partial charge in [0.15, 0.2) is 0 Å². The van der Waals surface area contributed by atoms with Gasteiger partial charge in [0.05, 0.1) is 6.54 Å². The van der Waals surface area contributed by atoms with Crippen molar-refractivity contribution in [2.24, 2.45) is 5.73 Å². The van der Waals surface area contributed by atoms with E-state index in [1.54, 1.807) is 0 Å². The first-order valence-electron chi connectivity index (χ1n) is 4.41. The van der Waals surface area contributed by atoms with Gasteiger partial charge in [0.25, 0.3) is 0 Å². The van der Waals surface area contributed by atoms with Crippen LogP contribution in [0.2, 0.25) is 0 Å². The SMILES string of the molecule is CCNc1ncnc(NCC(N)=O)c1Br. The third-order valence-corrected chi connectivity index (χ3v) is 2.31. The maximum absolute atomic E-state index is 10.6. The van der Waals surface area contributed by atoms with E-state index < -0.39 is 5.91 Å². The average molecular weight is 274 g/mol. The Hall–Kier alpha value is -1.37. The fraction of sp³-hybridized carbons (Fsp3) is 0.375. The van der Waals surface area contributed by atoms with Crippen molar-refractivity contribution in [2.75, 3.05) is 23.7 Å². The summed E-state index contributed by atoms with van der Waals surface area (Å²) < 4.78 is 0.688. The van der Waals surface area contributed by atoms with Crippen LogP contribution < -0.4 is 16.4 Å². The molecule has 0 aliphatic heterocycles. The molecule has 4 N–H and O–H groups in total. The minimum absolute atomic E-state index is 0.0428. The number of amides is 1. The van der Waals surface area contributed by atoms with Gasteiger partial charge in [-0.15, -0.1) is 0 Å². The molecular formula is C8H12BrN5O. The largest absolute Gasteiger partial charge is 0.369 e. The van der Waals surface area contributed by atoms with Crippen LogP contribution in [0.15, 0.2) is 10.8 Å². The van der Waals surface area contributed by atoms with Gasteiger partial charge in [0.1, 0.15) is 22.4 Å². The lowest BCUT2D eigenvalue weighted by molar-refractivity contribution is -0.116. The first-order chi connectivity index (χ1) is 7.15. The summed E-state index contributed by atoms with van der Waals surface area (Å²) in [5, 5.41) is 5.85. The number of hydrogen-bond acceptors (Lipinski definition) is 5. The van der Waals surface area contributed by atoms with Crippen molar-refractivity contribution in [3.63, 3.8) is 0 Å². The third kappa shape index (κ3) is 3.35. The summed E-state index contributed by atoms with van der Waals surface area (Å²) in [4.78, 5) is 18.6. The number of aromatic nitrogens is 2. The van der Waals surface area contributed by atoms with Gasteiger partial charge in [-0.25, -0.2) is 9.97 Å². The molecule has 1 aromatic rings. The maximum atomic E-state index is 10.6. The topological polar surface area (TPSA) is 92.9 Å². The molecule has 0 saturated carbocycles. The highest BCUT2D eigenvalue weighted by Gasteiger charge is 2.07. The van der Waals surface area contributed by atoms with E-state index in [2.05, 4.69) is 36.5 Å². The number of nitrogens with zero attached hydrogens (tertiary/aromatic N) is 2. The molecule has 1 aromatic heterocycles. The van der Waals surface area contributed by atoms with E-state index in [0.717, 1.165) is 6.54 Å². The Morgan fingerprint density at radius 3 is 2.60 bits per heavy atom. The zero-order chi connectivity index (χ0) is 11.3. The van der Waals surface area contributed by atoms with E-state index in [1.165, 1.54) is 6.33 Å². The summed E-state index contributed by atoms with van der Waals surface area (Å²) >= 11 is 3.33. The standard InChI is InChI=1S/C8H12BrN5O/c1-2-11-7-6(9)8(14-4-13-7)12-3-5(10)15/h4H,2-3H2,1H3,(H2,10,15)(H2,11,12,13,14). The smallest absolute Gasteiger partial charge is 0.236 e. The normalized spacial score (nSPS) is 9.73. The van der Waals surface area contributed by atoms with Gasteiger partial charge < -0.3 is 16.4 Å². The van der Waals surface area contributed by atoms with Gasteiger partial charge in [-0.05, 0) is 22.9 Å². The maximum Gasteiger partial charge on any atom is 0.236 e. The lowest BCUT2D eigenvalue weighted by atomic mass is 10.5. The number of carbonyl (C=O) groups excluding carboxylic acids is 1. The first-order valence-corrected chi connectivity index (χ1v) is 5.21. The first kappa shape index (κ1) is 11.7. The number of carbonyl (C=O) groups is 1. The van der Waals surface area contributed by atoms with Crippen molar-refractivity contribution >= 4 is 33.5 Å². The fourth-order valence-corrected chi connectivity index (χ4v) is 1.44. The fourth-order valence-electron chi connectivity index (χ4n) is 0.955. The van der Waals surface area contributed by atoms with Crippen LogP contribution in [0.3, 0.4) is 0 Å². The molecule has 1 amide bonds. The Kier molecular flexibility index (Phi) is 4.29. The monoisotopic (exact) mass is 273 g/mol. The van der Waals surface area contributed by atoms with Crippen LogP contribution in [0.25, 0.3) is 0 Å². The number of nitrogens with one attached hydrogen (secondary N) is 2. The van der Waals surface area contributed by atoms with Gasteiger partial charge in [0.2, 0.25) is 5.91 Å². The summed E-state index contributed by atoms with van der Waals surface area (Å²) in [5.41, 5.74) is 5.01. The zero-order valence-electron chi connectivity index (χ0n) is 8.25. The molecule has 0 spiro atoms. The van der Waals surface area contributed by atoms with Crippen molar-refractivity contribution in [3.05, 3.63) is 10.8 Å². The molecule has 0 bridgehead atoms. The van der Waals surface area contributed by atoms with E-state index >= 15 is 0 Å². The van der Waals surface area contributed by atoms with Crippen molar-refractivity contribution in [2.45, 2.75) is 6.92 Å². The molecule has 1 heterocycles. The van der Waals surface area contributed by atoms with Crippen LogP contribution in [0, 0.1) is 0 Å². The lowest BCUT2D eigenvalue weighted by Crippen LogP contribution is -2.22. The molecule has 0 aromatic carbocycles. The van der Waals surface area contributed by atoms with Crippen molar-refractivity contribution < 1.29 is 4.79 Å². The third-order valence-electron chi connectivity index (χ3n) is 1.56. The van der Waals surface area contributed by atoms with E-state index in [-0.39, 0.29) is 6.54 Å². The highest BCUT2D eigenvalue weighted by atomic mass is 79.9. The number of nitrogens with two attached hydrogens (primary N) is 1. The van der Waals surface area contributed by atoms with Crippen molar-refractivity contribution in [1.82, 2.24) is 9.97 Å². The second-order valence-corrected chi connectivity index (χ2v) is 3.53. The van der Waals surface area contributed by atoms with Crippen molar-refractivity contribution in [1.29, 1.82) is 0 Å². The van der Waals surface area contributed by atoms with Gasteiger partial charge >= 0.3 is 0 Å². The van der Waals surface area contributed by atoms with Crippen molar-refractivity contribution in [3.8, 4) is 0 Å². The molecule has 6 nitrogen and oxygen atoms in total. The van der Waals surface area contributed by atoms with Gasteiger partial charge in [0, 0.05) is 6.54 Å². The second kappa shape index (κ2) is 5.50. The van der Waals surface area contributed by atoms with Crippen LogP contribution >= 0.6 is 15.9 Å². The molecule has 0 radical (unpaired) electrons. The molecule has 82 valence electrons. The number of hydrogen-bond donors (Lipinski definition) is 3. The number of halogens is 1. The number of primary amides is 1. The summed E-state index contributed by atoms with van der Waals surface area (Å²) in [6.07, 6.45) is 1.41. The van der Waals surface area contributed by atoms with Crippen LogP contribution in [0.1, 0.15) is 6.92 Å². The molecule has 0 fully saturated rings. The minimum Gasteiger partial charge on any atom is -0.369 e. The predicted molar refractivity (Wildman–Crippen MR) is 61.6 cm³/mol. The Morgan fingerprint density at radius 2 is 2.07 bits per heavy atom. The molecule has 0 aliphatic carbocycles. The quantitative estimate of drug-likeness (QED) is 0.729. The summed E-state index contributed by atoms with van der Waals surface area (Å²) in [7, 11) is 0. The lowest BCUT2D eigenvalue weighted by Gasteiger charge is -2.09. The summed E-state index contributed by atoms with van der Waals surface area (Å²) in [6, 6.07) is 0. The van der Waals surface area contributed by atoms with Crippen LogP contribution in [-0.4, -0.2) is 29.0 Å². The highest BCUT2D eigenvalue weighted by Crippen LogP contribution is 2.25. The number of rotatable bonds is 5. The molecule has 0 aliphatic rings.